The molecule has 6 rings (SSSR count). The number of hydrogen-bond acceptors (Lipinski definition) is 2. The number of benzene rings is 1. The Kier molecular flexibility index (Phi) is 2.33. The summed E-state index contributed by atoms with van der Waals surface area (Å²) in [5, 5.41) is 5.20. The van der Waals surface area contributed by atoms with Gasteiger partial charge in [0.05, 0.1) is 5.52 Å². The normalized spacial score (nSPS) is 28.5. The number of nitrogens with zero attached hydrogens (tertiary/aromatic N) is 1. The summed E-state index contributed by atoms with van der Waals surface area (Å²) < 4.78 is 0. The molecular weight excluding hydrogens is 258 g/mol. The van der Waals surface area contributed by atoms with Gasteiger partial charge in [-0.05, 0) is 50.6 Å². The molecule has 2 saturated heterocycles. The fourth-order valence-corrected chi connectivity index (χ4v) is 4.86. The Morgan fingerprint density at radius 2 is 2.10 bits per heavy atom. The van der Waals surface area contributed by atoms with E-state index < -0.39 is 0 Å². The summed E-state index contributed by atoms with van der Waals surface area (Å²) in [6, 6.07) is 6.91. The summed E-state index contributed by atoms with van der Waals surface area (Å²) in [6.07, 6.45) is 5.18. The van der Waals surface area contributed by atoms with Gasteiger partial charge in [-0.3, -0.25) is 0 Å². The van der Waals surface area contributed by atoms with Gasteiger partial charge >= 0.3 is 0 Å². The topological polar surface area (TPSA) is 31.1 Å². The van der Waals surface area contributed by atoms with Crippen LogP contribution in [0.1, 0.15) is 49.7 Å². The van der Waals surface area contributed by atoms with Crippen molar-refractivity contribution in [2.24, 2.45) is 0 Å². The minimum Gasteiger partial charge on any atom is -0.358 e. The third-order valence-corrected chi connectivity index (χ3v) is 6.04. The molecule has 5 heterocycles. The molecule has 1 unspecified atom stereocenters. The fourth-order valence-electron chi connectivity index (χ4n) is 4.86. The van der Waals surface area contributed by atoms with Crippen LogP contribution in [-0.2, 0) is 5.54 Å². The van der Waals surface area contributed by atoms with Crippen molar-refractivity contribution in [1.29, 1.82) is 0 Å². The summed E-state index contributed by atoms with van der Waals surface area (Å²) in [5.41, 5.74) is 4.60. The second-order valence-corrected chi connectivity index (χ2v) is 7.24. The van der Waals surface area contributed by atoms with Crippen molar-refractivity contribution in [3.8, 4) is 0 Å². The van der Waals surface area contributed by atoms with Crippen molar-refractivity contribution in [1.82, 2.24) is 10.3 Å². The second kappa shape index (κ2) is 4.04. The van der Waals surface area contributed by atoms with Crippen molar-refractivity contribution in [3.05, 3.63) is 29.3 Å². The minimum absolute atomic E-state index is 0.140. The SMILES string of the molecule is CC1(c2cccc3c4c([nH]c23)N2CCC4CC2)CCCN1. The molecule has 4 aliphatic rings. The number of rotatable bonds is 1. The van der Waals surface area contributed by atoms with Crippen LogP contribution in [0.4, 0.5) is 5.82 Å². The van der Waals surface area contributed by atoms with Crippen molar-refractivity contribution in [3.63, 3.8) is 0 Å². The fraction of sp³-hybridized carbons (Fsp3) is 0.556. The molecule has 21 heavy (non-hydrogen) atoms. The predicted octanol–water partition coefficient (Wildman–Crippen LogP) is 3.46. The molecule has 0 spiro atoms. The molecule has 0 saturated carbocycles. The zero-order valence-electron chi connectivity index (χ0n) is 12.7. The number of H-pyrrole nitrogens is 1. The number of aromatic amines is 1. The van der Waals surface area contributed by atoms with Crippen LogP contribution in [0.15, 0.2) is 18.2 Å². The molecule has 0 radical (unpaired) electrons. The molecule has 0 aliphatic carbocycles. The van der Waals surface area contributed by atoms with Crippen LogP contribution < -0.4 is 10.2 Å². The lowest BCUT2D eigenvalue weighted by Gasteiger charge is -2.40. The number of aromatic nitrogens is 1. The van der Waals surface area contributed by atoms with Crippen LogP contribution in [0.25, 0.3) is 10.9 Å². The van der Waals surface area contributed by atoms with Gasteiger partial charge in [-0.15, -0.1) is 0 Å². The lowest BCUT2D eigenvalue weighted by atomic mass is 9.83. The molecule has 2 N–H and O–H groups in total. The van der Waals surface area contributed by atoms with Gasteiger partial charge in [-0.2, -0.15) is 0 Å². The van der Waals surface area contributed by atoms with Gasteiger partial charge in [-0.25, -0.2) is 0 Å². The highest BCUT2D eigenvalue weighted by atomic mass is 15.2. The first-order chi connectivity index (χ1) is 10.3. The zero-order valence-corrected chi connectivity index (χ0v) is 12.7. The van der Waals surface area contributed by atoms with Crippen LogP contribution >= 0.6 is 0 Å². The van der Waals surface area contributed by atoms with Crippen LogP contribution in [-0.4, -0.2) is 24.6 Å². The number of piperidine rings is 1. The second-order valence-electron chi connectivity index (χ2n) is 7.24. The monoisotopic (exact) mass is 281 g/mol. The Hall–Kier alpha value is -1.48. The van der Waals surface area contributed by atoms with E-state index >= 15 is 0 Å². The highest BCUT2D eigenvalue weighted by molar-refractivity contribution is 5.93. The van der Waals surface area contributed by atoms with E-state index in [1.165, 1.54) is 61.1 Å². The molecule has 1 aromatic carbocycles. The first-order valence-corrected chi connectivity index (χ1v) is 8.41. The molecular formula is C18H23N3. The molecule has 4 aliphatic heterocycles. The van der Waals surface area contributed by atoms with E-state index in [0.29, 0.717) is 0 Å². The van der Waals surface area contributed by atoms with Gasteiger partial charge in [0.2, 0.25) is 0 Å². The third-order valence-electron chi connectivity index (χ3n) is 6.04. The summed E-state index contributed by atoms with van der Waals surface area (Å²) in [5.74, 6) is 2.19. The van der Waals surface area contributed by atoms with Crippen LogP contribution in [0.3, 0.4) is 0 Å². The maximum Gasteiger partial charge on any atom is 0.110 e. The Labute approximate surface area is 125 Å². The highest BCUT2D eigenvalue weighted by Crippen LogP contribution is 2.47. The summed E-state index contributed by atoms with van der Waals surface area (Å²) in [7, 11) is 0. The number of anilines is 1. The molecule has 110 valence electrons. The summed E-state index contributed by atoms with van der Waals surface area (Å²) in [4.78, 5) is 6.36. The van der Waals surface area contributed by atoms with E-state index in [9.17, 15) is 0 Å². The van der Waals surface area contributed by atoms with E-state index in [0.717, 1.165) is 12.5 Å². The van der Waals surface area contributed by atoms with E-state index in [-0.39, 0.29) is 5.54 Å². The first kappa shape index (κ1) is 12.1. The van der Waals surface area contributed by atoms with E-state index in [1.54, 1.807) is 5.56 Å². The van der Waals surface area contributed by atoms with Crippen molar-refractivity contribution < 1.29 is 0 Å². The van der Waals surface area contributed by atoms with Gasteiger partial charge in [0, 0.05) is 29.6 Å². The molecule has 1 atom stereocenters. The maximum atomic E-state index is 3.80. The Morgan fingerprint density at radius 3 is 2.86 bits per heavy atom. The molecule has 3 heteroatoms. The molecule has 2 bridgehead atoms. The first-order valence-electron chi connectivity index (χ1n) is 8.41. The lowest BCUT2D eigenvalue weighted by molar-refractivity contribution is 0.438. The van der Waals surface area contributed by atoms with E-state index in [2.05, 4.69) is 40.3 Å². The van der Waals surface area contributed by atoms with Gasteiger partial charge in [0.15, 0.2) is 0 Å². The van der Waals surface area contributed by atoms with Crippen LogP contribution in [0.2, 0.25) is 0 Å². The van der Waals surface area contributed by atoms with Gasteiger partial charge in [0.25, 0.3) is 0 Å². The standard InChI is InChI=1S/C18H23N3/c1-18(8-3-9-19-18)14-5-2-4-13-15-12-6-10-21(11-7-12)17(15)20-16(13)14/h2,4-5,12,19-20H,3,6-11H2,1H3. The molecule has 0 amide bonds. The third kappa shape index (κ3) is 1.53. The van der Waals surface area contributed by atoms with Crippen LogP contribution in [0, 0.1) is 0 Å². The highest BCUT2D eigenvalue weighted by Gasteiger charge is 2.37. The van der Waals surface area contributed by atoms with Gasteiger partial charge < -0.3 is 15.2 Å². The smallest absolute Gasteiger partial charge is 0.110 e. The summed E-state index contributed by atoms with van der Waals surface area (Å²) >= 11 is 0. The molecule has 1 aromatic heterocycles. The van der Waals surface area contributed by atoms with Crippen LogP contribution in [0.5, 0.6) is 0 Å². The lowest BCUT2D eigenvalue weighted by Crippen LogP contribution is -2.38. The Bertz CT molecular complexity index is 701. The Balaban J connectivity index is 1.77. The quantitative estimate of drug-likeness (QED) is 0.838. The van der Waals surface area contributed by atoms with Crippen molar-refractivity contribution in [2.75, 3.05) is 24.5 Å². The average Bonchev–Trinajstić information content (AvgIpc) is 3.13. The van der Waals surface area contributed by atoms with Gasteiger partial charge in [-0.1, -0.05) is 18.2 Å². The number of hydrogen-bond donors (Lipinski definition) is 2. The van der Waals surface area contributed by atoms with E-state index in [1.807, 2.05) is 0 Å². The Morgan fingerprint density at radius 1 is 1.24 bits per heavy atom. The largest absolute Gasteiger partial charge is 0.358 e. The number of para-hydroxylation sites is 1. The molecule has 2 aromatic rings. The minimum atomic E-state index is 0.140. The maximum absolute atomic E-state index is 3.80. The average molecular weight is 281 g/mol. The van der Waals surface area contributed by atoms with Crippen molar-refractivity contribution in [2.45, 2.75) is 44.1 Å². The van der Waals surface area contributed by atoms with Crippen molar-refractivity contribution >= 4 is 16.7 Å². The molecule has 3 nitrogen and oxygen atoms in total. The zero-order chi connectivity index (χ0) is 14.0. The number of nitrogens with one attached hydrogen (secondary N) is 2. The predicted molar refractivity (Wildman–Crippen MR) is 87.1 cm³/mol. The summed E-state index contributed by atoms with van der Waals surface area (Å²) in [6.45, 7) is 5.97. The van der Waals surface area contributed by atoms with E-state index in [4.69, 9.17) is 0 Å². The number of fused-ring (bicyclic) bond motifs is 3. The molecule has 2 fully saturated rings. The van der Waals surface area contributed by atoms with Gasteiger partial charge in [0.1, 0.15) is 5.82 Å².